The molecule has 4 nitrogen and oxygen atoms in total. The molecule has 1 aliphatic rings. The molecule has 0 saturated heterocycles. The van der Waals surface area contributed by atoms with Crippen LogP contribution in [0.2, 0.25) is 0 Å². The van der Waals surface area contributed by atoms with E-state index in [1.165, 1.54) is 18.5 Å². The summed E-state index contributed by atoms with van der Waals surface area (Å²) in [7, 11) is 0. The Morgan fingerprint density at radius 1 is 1.62 bits per heavy atom. The van der Waals surface area contributed by atoms with Crippen LogP contribution >= 0.6 is 11.6 Å². The van der Waals surface area contributed by atoms with Gasteiger partial charge in [0.15, 0.2) is 5.43 Å². The molecule has 1 fully saturated rings. The highest BCUT2D eigenvalue weighted by Gasteiger charge is 2.29. The number of hydrogen-bond acceptors (Lipinski definition) is 2. The summed E-state index contributed by atoms with van der Waals surface area (Å²) < 4.78 is 0. The van der Waals surface area contributed by atoms with Crippen LogP contribution in [0, 0.1) is 5.92 Å². The summed E-state index contributed by atoms with van der Waals surface area (Å²) >= 11 is 6.05. The quantitative estimate of drug-likeness (QED) is 0.775. The van der Waals surface area contributed by atoms with Gasteiger partial charge in [0, 0.05) is 25.0 Å². The van der Waals surface area contributed by atoms with E-state index >= 15 is 0 Å². The Hall–Kier alpha value is -1.29. The van der Waals surface area contributed by atoms with E-state index < -0.39 is 0 Å². The molecule has 0 radical (unpaired) electrons. The second-order valence-corrected chi connectivity index (χ2v) is 4.55. The lowest BCUT2D eigenvalue weighted by Crippen LogP contribution is -2.33. The van der Waals surface area contributed by atoms with Crippen LogP contribution in [0.15, 0.2) is 23.3 Å². The van der Waals surface area contributed by atoms with Gasteiger partial charge in [-0.15, -0.1) is 11.6 Å². The Bertz CT molecular complexity index is 440. The fourth-order valence-corrected chi connectivity index (χ4v) is 1.83. The van der Waals surface area contributed by atoms with Crippen molar-refractivity contribution >= 4 is 17.5 Å². The summed E-state index contributed by atoms with van der Waals surface area (Å²) in [6.45, 7) is 0.416. The molecule has 86 valence electrons. The van der Waals surface area contributed by atoms with E-state index in [1.807, 2.05) is 0 Å². The molecule has 5 heteroatoms. The minimum atomic E-state index is -0.367. The van der Waals surface area contributed by atoms with E-state index in [9.17, 15) is 9.59 Å². The number of pyridine rings is 1. The van der Waals surface area contributed by atoms with Crippen LogP contribution in [0.5, 0.6) is 0 Å². The maximum absolute atomic E-state index is 11.6. The number of alkyl halides is 1. The smallest absolute Gasteiger partial charge is 0.256 e. The number of rotatable bonds is 4. The topological polar surface area (TPSA) is 62.0 Å². The molecule has 1 amide bonds. The molecule has 1 aromatic heterocycles. The lowest BCUT2D eigenvalue weighted by atomic mass is 10.2. The number of amides is 1. The van der Waals surface area contributed by atoms with Gasteiger partial charge < -0.3 is 10.3 Å². The van der Waals surface area contributed by atoms with Crippen LogP contribution in [-0.4, -0.2) is 22.8 Å². The molecule has 1 aromatic rings. The summed E-state index contributed by atoms with van der Waals surface area (Å²) in [6, 6.07) is 1.33. The van der Waals surface area contributed by atoms with Gasteiger partial charge >= 0.3 is 0 Å². The lowest BCUT2D eigenvalue weighted by Gasteiger charge is -2.08. The van der Waals surface area contributed by atoms with Gasteiger partial charge in [-0.1, -0.05) is 0 Å². The van der Waals surface area contributed by atoms with Crippen LogP contribution in [0.3, 0.4) is 0 Å². The maximum atomic E-state index is 11.6. The average Bonchev–Trinajstić information content (AvgIpc) is 3.10. The third kappa shape index (κ3) is 2.64. The SMILES string of the molecule is O=C(NCC(Cl)C1CC1)c1c[nH]ccc1=O. The number of aromatic amines is 1. The van der Waals surface area contributed by atoms with E-state index in [0.717, 1.165) is 12.8 Å². The highest BCUT2D eigenvalue weighted by molar-refractivity contribution is 6.21. The summed E-state index contributed by atoms with van der Waals surface area (Å²) in [6.07, 6.45) is 5.16. The number of carbonyl (C=O) groups is 1. The first-order chi connectivity index (χ1) is 7.68. The zero-order valence-corrected chi connectivity index (χ0v) is 9.46. The summed E-state index contributed by atoms with van der Waals surface area (Å²) in [4.78, 5) is 25.7. The molecular weight excluding hydrogens is 228 g/mol. The van der Waals surface area contributed by atoms with Crippen molar-refractivity contribution in [2.75, 3.05) is 6.54 Å². The molecule has 1 saturated carbocycles. The van der Waals surface area contributed by atoms with Crippen molar-refractivity contribution in [3.63, 3.8) is 0 Å². The van der Waals surface area contributed by atoms with E-state index in [0.29, 0.717) is 12.5 Å². The summed E-state index contributed by atoms with van der Waals surface area (Å²) in [5.41, 5.74) is -0.157. The first kappa shape index (κ1) is 11.2. The van der Waals surface area contributed by atoms with Gasteiger partial charge in [0.05, 0.1) is 5.38 Å². The van der Waals surface area contributed by atoms with Crippen LogP contribution in [-0.2, 0) is 0 Å². The van der Waals surface area contributed by atoms with Gasteiger partial charge in [0.2, 0.25) is 0 Å². The van der Waals surface area contributed by atoms with Crippen LogP contribution < -0.4 is 10.7 Å². The third-order valence-corrected chi connectivity index (χ3v) is 3.17. The Labute approximate surface area is 98.0 Å². The number of H-pyrrole nitrogens is 1. The Kier molecular flexibility index (Phi) is 3.29. The van der Waals surface area contributed by atoms with Crippen molar-refractivity contribution in [3.8, 4) is 0 Å². The molecule has 1 atom stereocenters. The van der Waals surface area contributed by atoms with Crippen molar-refractivity contribution in [2.45, 2.75) is 18.2 Å². The predicted molar refractivity (Wildman–Crippen MR) is 61.8 cm³/mol. The minimum absolute atomic E-state index is 0.0215. The Morgan fingerprint density at radius 2 is 2.38 bits per heavy atom. The number of aromatic nitrogens is 1. The van der Waals surface area contributed by atoms with Gasteiger partial charge in [-0.25, -0.2) is 0 Å². The van der Waals surface area contributed by atoms with Gasteiger partial charge in [-0.05, 0) is 18.8 Å². The number of hydrogen-bond donors (Lipinski definition) is 2. The van der Waals surface area contributed by atoms with Gasteiger partial charge in [0.25, 0.3) is 5.91 Å². The monoisotopic (exact) mass is 240 g/mol. The largest absolute Gasteiger partial charge is 0.367 e. The maximum Gasteiger partial charge on any atom is 0.256 e. The van der Waals surface area contributed by atoms with Crippen LogP contribution in [0.1, 0.15) is 23.2 Å². The summed E-state index contributed by atoms with van der Waals surface area (Å²) in [5.74, 6) is 0.157. The number of carbonyl (C=O) groups excluding carboxylic acids is 1. The number of nitrogens with one attached hydrogen (secondary N) is 2. The van der Waals surface area contributed by atoms with Crippen molar-refractivity contribution in [3.05, 3.63) is 34.2 Å². The molecule has 0 aromatic carbocycles. The highest BCUT2D eigenvalue weighted by Crippen LogP contribution is 2.35. The van der Waals surface area contributed by atoms with E-state index in [4.69, 9.17) is 11.6 Å². The molecule has 1 unspecified atom stereocenters. The van der Waals surface area contributed by atoms with Crippen LogP contribution in [0.25, 0.3) is 0 Å². The first-order valence-electron chi connectivity index (χ1n) is 5.28. The van der Waals surface area contributed by atoms with Crippen molar-refractivity contribution in [2.24, 2.45) is 5.92 Å². The molecule has 16 heavy (non-hydrogen) atoms. The zero-order valence-electron chi connectivity index (χ0n) is 8.70. The molecule has 1 heterocycles. The summed E-state index contributed by atoms with van der Waals surface area (Å²) in [5, 5.41) is 2.65. The van der Waals surface area contributed by atoms with Gasteiger partial charge in [-0.2, -0.15) is 0 Å². The normalized spacial score (nSPS) is 16.8. The molecule has 0 bridgehead atoms. The minimum Gasteiger partial charge on any atom is -0.367 e. The Morgan fingerprint density at radius 3 is 3.00 bits per heavy atom. The van der Waals surface area contributed by atoms with E-state index in [1.54, 1.807) is 0 Å². The van der Waals surface area contributed by atoms with Gasteiger partial charge in [-0.3, -0.25) is 9.59 Å². The Balaban J connectivity index is 1.92. The molecular formula is C11H13ClN2O2. The molecule has 0 spiro atoms. The fraction of sp³-hybridized carbons (Fsp3) is 0.455. The molecule has 1 aliphatic carbocycles. The lowest BCUT2D eigenvalue weighted by molar-refractivity contribution is 0.0951. The zero-order chi connectivity index (χ0) is 11.5. The van der Waals surface area contributed by atoms with Crippen LogP contribution in [0.4, 0.5) is 0 Å². The molecule has 0 aliphatic heterocycles. The molecule has 2 rings (SSSR count). The predicted octanol–water partition coefficient (Wildman–Crippen LogP) is 1.12. The van der Waals surface area contributed by atoms with E-state index in [-0.39, 0.29) is 22.3 Å². The average molecular weight is 241 g/mol. The second-order valence-electron chi connectivity index (χ2n) is 3.99. The number of halogens is 1. The van der Waals surface area contributed by atoms with Gasteiger partial charge in [0.1, 0.15) is 5.56 Å². The van der Waals surface area contributed by atoms with Crippen molar-refractivity contribution in [1.29, 1.82) is 0 Å². The van der Waals surface area contributed by atoms with Crippen molar-refractivity contribution in [1.82, 2.24) is 10.3 Å². The van der Waals surface area contributed by atoms with E-state index in [2.05, 4.69) is 10.3 Å². The highest BCUT2D eigenvalue weighted by atomic mass is 35.5. The second kappa shape index (κ2) is 4.70. The van der Waals surface area contributed by atoms with Crippen molar-refractivity contribution < 1.29 is 4.79 Å². The first-order valence-corrected chi connectivity index (χ1v) is 5.71. The third-order valence-electron chi connectivity index (χ3n) is 2.66. The molecule has 2 N–H and O–H groups in total. The fourth-order valence-electron chi connectivity index (χ4n) is 1.50. The standard InChI is InChI=1S/C11H13ClN2O2/c12-9(7-1-2-7)6-14-11(16)8-5-13-4-3-10(8)15/h3-5,7,9H,1-2,6H2,(H,13,15)(H,14,16).